The summed E-state index contributed by atoms with van der Waals surface area (Å²) in [5.41, 5.74) is 2.80. The van der Waals surface area contributed by atoms with Crippen molar-refractivity contribution >= 4 is 11.6 Å². The van der Waals surface area contributed by atoms with Crippen LogP contribution in [0.4, 0.5) is 5.69 Å². The second-order valence-corrected chi connectivity index (χ2v) is 5.58. The van der Waals surface area contributed by atoms with Gasteiger partial charge in [-0.2, -0.15) is 0 Å². The molecule has 0 fully saturated rings. The van der Waals surface area contributed by atoms with Gasteiger partial charge in [0, 0.05) is 30.1 Å². The van der Waals surface area contributed by atoms with Gasteiger partial charge in [-0.25, -0.2) is 0 Å². The van der Waals surface area contributed by atoms with E-state index in [0.717, 1.165) is 11.3 Å². The molecule has 1 atom stereocenters. The lowest BCUT2D eigenvalue weighted by molar-refractivity contribution is 0.0939. The van der Waals surface area contributed by atoms with Crippen LogP contribution in [0, 0.1) is 6.92 Å². The van der Waals surface area contributed by atoms with Gasteiger partial charge < -0.3 is 20.4 Å². The predicted molar refractivity (Wildman–Crippen MR) is 90.5 cm³/mol. The summed E-state index contributed by atoms with van der Waals surface area (Å²) in [6.07, 6.45) is 1.92. The number of aliphatic hydroxyl groups excluding tert-OH is 2. The highest BCUT2D eigenvalue weighted by atomic mass is 16.3. The maximum Gasteiger partial charge on any atom is 0.255 e. The van der Waals surface area contributed by atoms with Crippen molar-refractivity contribution in [3.8, 4) is 0 Å². The number of carbonyl (C=O) groups excluding carboxylic acids is 1. The Labute approximate surface area is 140 Å². The normalized spacial score (nSPS) is 16.8. The third-order valence-electron chi connectivity index (χ3n) is 4.14. The summed E-state index contributed by atoms with van der Waals surface area (Å²) in [6.45, 7) is 4.28. The molecule has 6 nitrogen and oxygen atoms in total. The quantitative estimate of drug-likeness (QED) is 0.807. The lowest BCUT2D eigenvalue weighted by atomic mass is 9.95. The molecule has 2 aromatic rings. The molecule has 1 aliphatic heterocycles. The molecule has 1 amide bonds. The summed E-state index contributed by atoms with van der Waals surface area (Å²) < 4.78 is 0. The first kappa shape index (κ1) is 16.0. The summed E-state index contributed by atoms with van der Waals surface area (Å²) in [4.78, 5) is 17.9. The van der Waals surface area contributed by atoms with Crippen LogP contribution in [0.25, 0.3) is 0 Å². The molecule has 0 saturated carbocycles. The molecule has 3 N–H and O–H groups in total. The topological polar surface area (TPSA) is 85.7 Å². The molecule has 0 bridgehead atoms. The number of rotatable bonds is 3. The largest absolute Gasteiger partial charge is 0.493 e. The minimum absolute atomic E-state index is 0.0838. The van der Waals surface area contributed by atoms with E-state index in [-0.39, 0.29) is 11.6 Å². The van der Waals surface area contributed by atoms with Crippen LogP contribution in [0.2, 0.25) is 0 Å². The molecule has 1 aromatic heterocycles. The standard InChI is InChI=1S/C18H19N3O3/c1-3-21-13-6-4-5-11(2)14(13)16(22)15(18(21)24)20-17(23)12-7-9-19-10-8-12/h4-10,16,22,24H,3H2,1-2H3,(H,20,23). The second kappa shape index (κ2) is 6.33. The van der Waals surface area contributed by atoms with Crippen LogP contribution in [0.5, 0.6) is 0 Å². The Kier molecular flexibility index (Phi) is 4.22. The minimum Gasteiger partial charge on any atom is -0.493 e. The minimum atomic E-state index is -1.10. The Morgan fingerprint density at radius 3 is 2.67 bits per heavy atom. The number of fused-ring (bicyclic) bond motifs is 1. The number of hydrogen-bond acceptors (Lipinski definition) is 5. The number of anilines is 1. The van der Waals surface area contributed by atoms with Crippen LogP contribution in [-0.2, 0) is 0 Å². The molecule has 24 heavy (non-hydrogen) atoms. The molecule has 6 heteroatoms. The summed E-state index contributed by atoms with van der Waals surface area (Å²) in [7, 11) is 0. The molecular formula is C18H19N3O3. The van der Waals surface area contributed by atoms with Crippen molar-refractivity contribution in [2.75, 3.05) is 11.4 Å². The van der Waals surface area contributed by atoms with Crippen LogP contribution >= 0.6 is 0 Å². The fourth-order valence-electron chi connectivity index (χ4n) is 2.92. The third kappa shape index (κ3) is 2.61. The molecule has 2 heterocycles. The summed E-state index contributed by atoms with van der Waals surface area (Å²) >= 11 is 0. The van der Waals surface area contributed by atoms with Crippen molar-refractivity contribution in [3.63, 3.8) is 0 Å². The van der Waals surface area contributed by atoms with E-state index in [1.54, 1.807) is 17.0 Å². The third-order valence-corrected chi connectivity index (χ3v) is 4.14. The van der Waals surface area contributed by atoms with Gasteiger partial charge >= 0.3 is 0 Å². The summed E-state index contributed by atoms with van der Waals surface area (Å²) in [6, 6.07) is 8.74. The Balaban J connectivity index is 2.01. The van der Waals surface area contributed by atoms with Crippen molar-refractivity contribution in [1.29, 1.82) is 0 Å². The van der Waals surface area contributed by atoms with E-state index in [1.165, 1.54) is 12.4 Å². The van der Waals surface area contributed by atoms with Gasteiger partial charge in [0.05, 0.1) is 5.69 Å². The van der Waals surface area contributed by atoms with E-state index >= 15 is 0 Å². The van der Waals surface area contributed by atoms with E-state index in [2.05, 4.69) is 10.3 Å². The molecule has 1 aliphatic rings. The molecule has 3 rings (SSSR count). The number of amides is 1. The molecule has 0 aliphatic carbocycles. The molecular weight excluding hydrogens is 306 g/mol. The van der Waals surface area contributed by atoms with Gasteiger partial charge in [-0.3, -0.25) is 9.78 Å². The fraction of sp³-hybridized carbons (Fsp3) is 0.222. The average Bonchev–Trinajstić information content (AvgIpc) is 2.59. The Bertz CT molecular complexity index is 802. The van der Waals surface area contributed by atoms with E-state index in [0.29, 0.717) is 17.7 Å². The van der Waals surface area contributed by atoms with Gasteiger partial charge in [0.25, 0.3) is 5.91 Å². The number of carbonyl (C=O) groups is 1. The Morgan fingerprint density at radius 1 is 1.29 bits per heavy atom. The van der Waals surface area contributed by atoms with E-state index in [4.69, 9.17) is 0 Å². The maximum atomic E-state index is 12.4. The first-order chi connectivity index (χ1) is 11.5. The van der Waals surface area contributed by atoms with Crippen LogP contribution in [0.1, 0.15) is 34.5 Å². The average molecular weight is 325 g/mol. The molecule has 0 radical (unpaired) electrons. The van der Waals surface area contributed by atoms with Crippen molar-refractivity contribution in [3.05, 3.63) is 71.0 Å². The number of pyridine rings is 1. The van der Waals surface area contributed by atoms with Crippen LogP contribution < -0.4 is 10.2 Å². The van der Waals surface area contributed by atoms with Gasteiger partial charge in [0.2, 0.25) is 5.88 Å². The van der Waals surface area contributed by atoms with Gasteiger partial charge in [-0.1, -0.05) is 12.1 Å². The molecule has 1 unspecified atom stereocenters. The number of aromatic nitrogens is 1. The van der Waals surface area contributed by atoms with Crippen molar-refractivity contribution in [2.24, 2.45) is 0 Å². The molecule has 124 valence electrons. The van der Waals surface area contributed by atoms with Crippen molar-refractivity contribution in [2.45, 2.75) is 20.0 Å². The highest BCUT2D eigenvalue weighted by molar-refractivity contribution is 5.95. The Morgan fingerprint density at radius 2 is 2.00 bits per heavy atom. The monoisotopic (exact) mass is 325 g/mol. The van der Waals surface area contributed by atoms with Crippen molar-refractivity contribution < 1.29 is 15.0 Å². The zero-order valence-electron chi connectivity index (χ0n) is 13.5. The van der Waals surface area contributed by atoms with E-state index < -0.39 is 12.0 Å². The number of hydrogen-bond donors (Lipinski definition) is 3. The zero-order chi connectivity index (χ0) is 17.3. The number of nitrogens with one attached hydrogen (secondary N) is 1. The predicted octanol–water partition coefficient (Wildman–Crippen LogP) is 2.42. The molecule has 1 aromatic carbocycles. The van der Waals surface area contributed by atoms with E-state index in [1.807, 2.05) is 32.0 Å². The Hall–Kier alpha value is -2.86. The fourth-order valence-corrected chi connectivity index (χ4v) is 2.92. The SMILES string of the molecule is CCN1C(O)=C(NC(=O)c2ccncc2)C(O)c2c(C)cccc21. The maximum absolute atomic E-state index is 12.4. The smallest absolute Gasteiger partial charge is 0.255 e. The molecule has 0 saturated heterocycles. The van der Waals surface area contributed by atoms with Gasteiger partial charge in [-0.05, 0) is 37.6 Å². The van der Waals surface area contributed by atoms with Crippen LogP contribution in [-0.4, -0.2) is 27.6 Å². The van der Waals surface area contributed by atoms with Crippen molar-refractivity contribution in [1.82, 2.24) is 10.3 Å². The van der Waals surface area contributed by atoms with Gasteiger partial charge in [0.15, 0.2) is 0 Å². The lowest BCUT2D eigenvalue weighted by Crippen LogP contribution is -2.37. The first-order valence-electron chi connectivity index (χ1n) is 7.74. The van der Waals surface area contributed by atoms with Gasteiger partial charge in [0.1, 0.15) is 11.8 Å². The van der Waals surface area contributed by atoms with Gasteiger partial charge in [-0.15, -0.1) is 0 Å². The number of benzene rings is 1. The lowest BCUT2D eigenvalue weighted by Gasteiger charge is -2.35. The number of nitrogens with zero attached hydrogens (tertiary/aromatic N) is 2. The van der Waals surface area contributed by atoms with Crippen LogP contribution in [0.15, 0.2) is 54.3 Å². The number of aryl methyl sites for hydroxylation is 1. The summed E-state index contributed by atoms with van der Waals surface area (Å²) in [5.74, 6) is -0.559. The highest BCUT2D eigenvalue weighted by Gasteiger charge is 2.33. The molecule has 0 spiro atoms. The summed E-state index contributed by atoms with van der Waals surface area (Å²) in [5, 5.41) is 23.9. The highest BCUT2D eigenvalue weighted by Crippen LogP contribution is 2.39. The van der Waals surface area contributed by atoms with E-state index in [9.17, 15) is 15.0 Å². The number of aliphatic hydroxyl groups is 2. The first-order valence-corrected chi connectivity index (χ1v) is 7.74. The second-order valence-electron chi connectivity index (χ2n) is 5.58. The van der Waals surface area contributed by atoms with Crippen LogP contribution in [0.3, 0.4) is 0 Å². The zero-order valence-corrected chi connectivity index (χ0v) is 13.5.